The van der Waals surface area contributed by atoms with Crippen molar-refractivity contribution in [2.45, 2.75) is 26.5 Å². The number of amides is 1. The second-order valence-electron chi connectivity index (χ2n) is 7.43. The number of allylic oxidation sites excluding steroid dienone is 1. The summed E-state index contributed by atoms with van der Waals surface area (Å²) in [6.45, 7) is 6.71. The first kappa shape index (κ1) is 21.2. The third-order valence-corrected chi connectivity index (χ3v) is 5.07. The Balaban J connectivity index is 1.35. The van der Waals surface area contributed by atoms with Crippen LogP contribution in [0.15, 0.2) is 90.0 Å². The van der Waals surface area contributed by atoms with Crippen molar-refractivity contribution < 1.29 is 13.9 Å². The molecular formula is C26H25N3O3. The second-order valence-corrected chi connectivity index (χ2v) is 7.43. The van der Waals surface area contributed by atoms with Crippen molar-refractivity contribution in [3.8, 4) is 5.75 Å². The van der Waals surface area contributed by atoms with Crippen LogP contribution in [0.25, 0.3) is 0 Å². The van der Waals surface area contributed by atoms with Gasteiger partial charge >= 0.3 is 0 Å². The predicted molar refractivity (Wildman–Crippen MR) is 124 cm³/mol. The fraction of sp³-hybridized carbons (Fsp3) is 0.154. The molecule has 4 aromatic rings. The van der Waals surface area contributed by atoms with Gasteiger partial charge in [0.1, 0.15) is 18.1 Å². The van der Waals surface area contributed by atoms with Crippen LogP contribution in [-0.4, -0.2) is 15.7 Å². The van der Waals surface area contributed by atoms with Crippen molar-refractivity contribution in [2.24, 2.45) is 0 Å². The van der Waals surface area contributed by atoms with E-state index < -0.39 is 0 Å². The van der Waals surface area contributed by atoms with E-state index in [1.165, 1.54) is 11.1 Å². The zero-order valence-corrected chi connectivity index (χ0v) is 18.0. The SMILES string of the molecule is C=CCc1ccccc1OCc1ccc(C(=O)Nc2ccn(Cc3ccccc3C)n2)o1. The van der Waals surface area contributed by atoms with Gasteiger partial charge in [-0.3, -0.25) is 9.48 Å². The third kappa shape index (κ3) is 5.16. The van der Waals surface area contributed by atoms with Gasteiger partial charge in [0.15, 0.2) is 11.6 Å². The number of nitrogens with one attached hydrogen (secondary N) is 1. The number of hydrogen-bond acceptors (Lipinski definition) is 4. The molecule has 0 aliphatic rings. The topological polar surface area (TPSA) is 69.3 Å². The van der Waals surface area contributed by atoms with E-state index in [4.69, 9.17) is 9.15 Å². The van der Waals surface area contributed by atoms with Gasteiger partial charge in [0, 0.05) is 12.3 Å². The van der Waals surface area contributed by atoms with E-state index in [9.17, 15) is 4.79 Å². The number of ether oxygens (including phenoxy) is 1. The molecule has 1 N–H and O–H groups in total. The minimum atomic E-state index is -0.357. The van der Waals surface area contributed by atoms with Gasteiger partial charge in [0.25, 0.3) is 5.91 Å². The summed E-state index contributed by atoms with van der Waals surface area (Å²) < 4.78 is 13.3. The highest BCUT2D eigenvalue weighted by atomic mass is 16.5. The van der Waals surface area contributed by atoms with Crippen molar-refractivity contribution in [2.75, 3.05) is 5.32 Å². The van der Waals surface area contributed by atoms with Crippen LogP contribution in [0, 0.1) is 6.92 Å². The Morgan fingerprint density at radius 2 is 1.88 bits per heavy atom. The van der Waals surface area contributed by atoms with Crippen molar-refractivity contribution in [1.29, 1.82) is 0 Å². The summed E-state index contributed by atoms with van der Waals surface area (Å²) in [6, 6.07) is 21.1. The molecule has 0 aliphatic heterocycles. The van der Waals surface area contributed by atoms with Crippen LogP contribution in [0.1, 0.15) is 33.0 Å². The van der Waals surface area contributed by atoms with Crippen LogP contribution in [0.3, 0.4) is 0 Å². The normalized spacial score (nSPS) is 10.7. The van der Waals surface area contributed by atoms with Gasteiger partial charge < -0.3 is 14.5 Å². The van der Waals surface area contributed by atoms with Gasteiger partial charge in [-0.2, -0.15) is 5.10 Å². The molecule has 1 amide bonds. The lowest BCUT2D eigenvalue weighted by atomic mass is 10.1. The summed E-state index contributed by atoms with van der Waals surface area (Å²) in [4.78, 5) is 12.6. The van der Waals surface area contributed by atoms with Crippen LogP contribution in [0.2, 0.25) is 0 Å². The van der Waals surface area contributed by atoms with Crippen molar-refractivity contribution >= 4 is 11.7 Å². The maximum absolute atomic E-state index is 12.6. The number of rotatable bonds is 9. The van der Waals surface area contributed by atoms with Crippen molar-refractivity contribution in [1.82, 2.24) is 9.78 Å². The monoisotopic (exact) mass is 427 g/mol. The number of aromatic nitrogens is 2. The van der Waals surface area contributed by atoms with Crippen LogP contribution in [0.4, 0.5) is 5.82 Å². The van der Waals surface area contributed by atoms with E-state index in [2.05, 4.69) is 36.1 Å². The highest BCUT2D eigenvalue weighted by Gasteiger charge is 2.14. The van der Waals surface area contributed by atoms with Crippen LogP contribution < -0.4 is 10.1 Å². The molecule has 0 aliphatic carbocycles. The molecule has 0 fully saturated rings. The van der Waals surface area contributed by atoms with Gasteiger partial charge in [-0.1, -0.05) is 48.5 Å². The number of carbonyl (C=O) groups excluding carboxylic acids is 1. The number of anilines is 1. The fourth-order valence-electron chi connectivity index (χ4n) is 3.35. The van der Waals surface area contributed by atoms with Gasteiger partial charge in [-0.15, -0.1) is 6.58 Å². The quantitative estimate of drug-likeness (QED) is 0.364. The Morgan fingerprint density at radius 1 is 1.09 bits per heavy atom. The molecule has 0 spiro atoms. The smallest absolute Gasteiger partial charge is 0.292 e. The zero-order valence-electron chi connectivity index (χ0n) is 18.0. The lowest BCUT2D eigenvalue weighted by molar-refractivity contribution is 0.0992. The van der Waals surface area contributed by atoms with Gasteiger partial charge in [-0.25, -0.2) is 0 Å². The largest absolute Gasteiger partial charge is 0.485 e. The first-order valence-electron chi connectivity index (χ1n) is 10.4. The number of nitrogens with zero attached hydrogens (tertiary/aromatic N) is 2. The summed E-state index contributed by atoms with van der Waals surface area (Å²) in [6.07, 6.45) is 4.39. The number of furan rings is 1. The summed E-state index contributed by atoms with van der Waals surface area (Å²) in [5, 5.41) is 7.21. The molecule has 0 unspecified atom stereocenters. The Labute approximate surface area is 187 Å². The summed E-state index contributed by atoms with van der Waals surface area (Å²) >= 11 is 0. The molecule has 6 heteroatoms. The Hall–Kier alpha value is -4.06. The molecule has 162 valence electrons. The lowest BCUT2D eigenvalue weighted by Crippen LogP contribution is -2.12. The minimum Gasteiger partial charge on any atom is -0.485 e. The lowest BCUT2D eigenvalue weighted by Gasteiger charge is -2.08. The van der Waals surface area contributed by atoms with Gasteiger partial charge in [0.2, 0.25) is 0 Å². The number of aryl methyl sites for hydroxylation is 1. The van der Waals surface area contributed by atoms with Gasteiger partial charge in [-0.05, 0) is 48.2 Å². The number of benzene rings is 2. The number of hydrogen-bond donors (Lipinski definition) is 1. The molecule has 0 bridgehead atoms. The van der Waals surface area contributed by atoms with E-state index in [0.29, 0.717) is 18.1 Å². The van der Waals surface area contributed by atoms with E-state index >= 15 is 0 Å². The molecule has 0 atom stereocenters. The average Bonchev–Trinajstić information content (AvgIpc) is 3.45. The fourth-order valence-corrected chi connectivity index (χ4v) is 3.35. The minimum absolute atomic E-state index is 0.205. The van der Waals surface area contributed by atoms with Crippen LogP contribution in [-0.2, 0) is 19.6 Å². The highest BCUT2D eigenvalue weighted by Crippen LogP contribution is 2.21. The molecule has 2 heterocycles. The highest BCUT2D eigenvalue weighted by molar-refractivity contribution is 6.01. The second kappa shape index (κ2) is 9.83. The van der Waals surface area contributed by atoms with E-state index in [1.807, 2.05) is 48.7 Å². The maximum Gasteiger partial charge on any atom is 0.292 e. The van der Waals surface area contributed by atoms with E-state index in [0.717, 1.165) is 17.7 Å². The molecule has 32 heavy (non-hydrogen) atoms. The van der Waals surface area contributed by atoms with Crippen molar-refractivity contribution in [3.63, 3.8) is 0 Å². The summed E-state index contributed by atoms with van der Waals surface area (Å²) in [7, 11) is 0. The molecular weight excluding hydrogens is 402 g/mol. The number of carbonyl (C=O) groups is 1. The molecule has 6 nitrogen and oxygen atoms in total. The zero-order chi connectivity index (χ0) is 22.3. The molecule has 0 saturated heterocycles. The number of para-hydroxylation sites is 1. The molecule has 0 radical (unpaired) electrons. The third-order valence-electron chi connectivity index (χ3n) is 5.07. The van der Waals surface area contributed by atoms with E-state index in [1.54, 1.807) is 22.9 Å². The van der Waals surface area contributed by atoms with Crippen LogP contribution >= 0.6 is 0 Å². The summed E-state index contributed by atoms with van der Waals surface area (Å²) in [5.74, 6) is 1.65. The predicted octanol–water partition coefficient (Wildman–Crippen LogP) is 5.39. The molecule has 2 aromatic carbocycles. The summed E-state index contributed by atoms with van der Waals surface area (Å²) in [5.41, 5.74) is 3.43. The molecule has 4 rings (SSSR count). The Morgan fingerprint density at radius 3 is 2.69 bits per heavy atom. The standard InChI is InChI=1S/C26H25N3O3/c1-3-8-20-10-6-7-12-23(20)31-18-22-13-14-24(32-22)26(30)27-25-15-16-29(28-25)17-21-11-5-4-9-19(21)2/h3-7,9-16H,1,8,17-18H2,2H3,(H,27,28,30). The van der Waals surface area contributed by atoms with Gasteiger partial charge in [0.05, 0.1) is 6.54 Å². The Bertz CT molecular complexity index is 1220. The van der Waals surface area contributed by atoms with Crippen molar-refractivity contribution in [3.05, 3.63) is 114 Å². The maximum atomic E-state index is 12.6. The molecule has 2 aromatic heterocycles. The van der Waals surface area contributed by atoms with Crippen LogP contribution in [0.5, 0.6) is 5.75 Å². The Kier molecular flexibility index (Phi) is 6.51. The average molecular weight is 428 g/mol. The van der Waals surface area contributed by atoms with E-state index in [-0.39, 0.29) is 18.3 Å². The first-order valence-corrected chi connectivity index (χ1v) is 10.4. The first-order chi connectivity index (χ1) is 15.6. The molecule has 0 saturated carbocycles.